The summed E-state index contributed by atoms with van der Waals surface area (Å²) in [6.45, 7) is 0. The standard InChI is InChI=1S/C9H15P/c10-8-4-7-9-5-2-1-3-6-9/h1-3,5,9H,4,6-8,10H2. The average molecular weight is 154 g/mol. The average Bonchev–Trinajstić information content (AvgIpc) is 2.03. The summed E-state index contributed by atoms with van der Waals surface area (Å²) in [5, 5.41) is 0. The van der Waals surface area contributed by atoms with Crippen molar-refractivity contribution in [2.24, 2.45) is 5.92 Å². The monoisotopic (exact) mass is 154 g/mol. The zero-order valence-corrected chi connectivity index (χ0v) is 7.45. The summed E-state index contributed by atoms with van der Waals surface area (Å²) in [5.74, 6) is 0.825. The summed E-state index contributed by atoms with van der Waals surface area (Å²) in [6.07, 6.45) is 14.1. The van der Waals surface area contributed by atoms with Gasteiger partial charge in [0.25, 0.3) is 0 Å². The van der Waals surface area contributed by atoms with Gasteiger partial charge < -0.3 is 0 Å². The van der Waals surface area contributed by atoms with Crippen LogP contribution in [0.1, 0.15) is 19.3 Å². The van der Waals surface area contributed by atoms with Gasteiger partial charge in [0, 0.05) is 0 Å². The lowest BCUT2D eigenvalue weighted by atomic mass is 9.96. The summed E-state index contributed by atoms with van der Waals surface area (Å²) >= 11 is 0. The van der Waals surface area contributed by atoms with Crippen molar-refractivity contribution in [3.05, 3.63) is 24.3 Å². The molecule has 0 nitrogen and oxygen atoms in total. The molecule has 0 radical (unpaired) electrons. The summed E-state index contributed by atoms with van der Waals surface area (Å²) in [7, 11) is 2.78. The van der Waals surface area contributed by atoms with Gasteiger partial charge in [0.1, 0.15) is 0 Å². The van der Waals surface area contributed by atoms with Gasteiger partial charge in [-0.15, -0.1) is 9.24 Å². The Hall–Kier alpha value is -0.0900. The predicted molar refractivity (Wildman–Crippen MR) is 50.2 cm³/mol. The predicted octanol–water partition coefficient (Wildman–Crippen LogP) is 2.77. The summed E-state index contributed by atoms with van der Waals surface area (Å²) in [4.78, 5) is 0. The molecular formula is C9H15P. The van der Waals surface area contributed by atoms with Crippen molar-refractivity contribution in [1.29, 1.82) is 0 Å². The first-order chi connectivity index (χ1) is 4.93. The molecule has 2 unspecified atom stereocenters. The fraction of sp³-hybridized carbons (Fsp3) is 0.556. The van der Waals surface area contributed by atoms with Gasteiger partial charge in [-0.3, -0.25) is 0 Å². The summed E-state index contributed by atoms with van der Waals surface area (Å²) in [6, 6.07) is 0. The molecular weight excluding hydrogens is 139 g/mol. The molecule has 0 saturated heterocycles. The zero-order chi connectivity index (χ0) is 7.23. The van der Waals surface area contributed by atoms with Crippen LogP contribution in [-0.2, 0) is 0 Å². The van der Waals surface area contributed by atoms with Crippen LogP contribution in [0.15, 0.2) is 24.3 Å². The van der Waals surface area contributed by atoms with Crippen LogP contribution in [0, 0.1) is 5.92 Å². The van der Waals surface area contributed by atoms with Gasteiger partial charge >= 0.3 is 0 Å². The van der Waals surface area contributed by atoms with Crippen LogP contribution in [0.5, 0.6) is 0 Å². The molecule has 1 aliphatic carbocycles. The minimum atomic E-state index is 0.825. The minimum absolute atomic E-state index is 0.825. The highest BCUT2D eigenvalue weighted by Gasteiger charge is 2.02. The molecule has 0 spiro atoms. The van der Waals surface area contributed by atoms with Gasteiger partial charge in [-0.1, -0.05) is 24.3 Å². The van der Waals surface area contributed by atoms with E-state index in [1.165, 1.54) is 25.4 Å². The molecule has 0 aromatic rings. The molecule has 0 aliphatic heterocycles. The Morgan fingerprint density at radius 2 is 2.30 bits per heavy atom. The number of rotatable bonds is 3. The van der Waals surface area contributed by atoms with Crippen LogP contribution in [0.4, 0.5) is 0 Å². The Labute approximate surface area is 65.6 Å². The smallest absolute Gasteiger partial charge is 0.0196 e. The van der Waals surface area contributed by atoms with Crippen LogP contribution in [0.25, 0.3) is 0 Å². The maximum Gasteiger partial charge on any atom is -0.0196 e. The van der Waals surface area contributed by atoms with Gasteiger partial charge in [0.15, 0.2) is 0 Å². The molecule has 0 amide bonds. The van der Waals surface area contributed by atoms with Gasteiger partial charge in [-0.25, -0.2) is 0 Å². The largest absolute Gasteiger partial charge is 0.138 e. The molecule has 0 aromatic heterocycles. The first-order valence-electron chi connectivity index (χ1n) is 3.97. The summed E-state index contributed by atoms with van der Waals surface area (Å²) in [5.41, 5.74) is 0. The van der Waals surface area contributed by atoms with E-state index in [4.69, 9.17) is 0 Å². The maximum atomic E-state index is 2.78. The van der Waals surface area contributed by atoms with Crippen molar-refractivity contribution in [2.45, 2.75) is 19.3 Å². The molecule has 56 valence electrons. The van der Waals surface area contributed by atoms with Crippen molar-refractivity contribution in [3.8, 4) is 0 Å². The van der Waals surface area contributed by atoms with E-state index < -0.39 is 0 Å². The third-order valence-corrected chi connectivity index (χ3v) is 2.26. The third kappa shape index (κ3) is 2.66. The second-order valence-electron chi connectivity index (χ2n) is 2.74. The highest BCUT2D eigenvalue weighted by Crippen LogP contribution is 2.17. The molecule has 0 fully saturated rings. The van der Waals surface area contributed by atoms with Crippen molar-refractivity contribution in [1.82, 2.24) is 0 Å². The van der Waals surface area contributed by atoms with Crippen molar-refractivity contribution < 1.29 is 0 Å². The van der Waals surface area contributed by atoms with E-state index in [1.54, 1.807) is 0 Å². The van der Waals surface area contributed by atoms with E-state index in [1.807, 2.05) is 0 Å². The Bertz CT molecular complexity index is 136. The van der Waals surface area contributed by atoms with E-state index in [2.05, 4.69) is 33.5 Å². The lowest BCUT2D eigenvalue weighted by Gasteiger charge is -2.10. The van der Waals surface area contributed by atoms with Crippen LogP contribution >= 0.6 is 9.24 Å². The Morgan fingerprint density at radius 1 is 1.40 bits per heavy atom. The van der Waals surface area contributed by atoms with Crippen molar-refractivity contribution in [3.63, 3.8) is 0 Å². The van der Waals surface area contributed by atoms with E-state index >= 15 is 0 Å². The molecule has 10 heavy (non-hydrogen) atoms. The van der Waals surface area contributed by atoms with Crippen molar-refractivity contribution >= 4 is 9.24 Å². The summed E-state index contributed by atoms with van der Waals surface area (Å²) < 4.78 is 0. The van der Waals surface area contributed by atoms with Gasteiger partial charge in [-0.2, -0.15) is 0 Å². The molecule has 1 aliphatic rings. The number of allylic oxidation sites excluding steroid dienone is 4. The van der Waals surface area contributed by atoms with E-state index in [9.17, 15) is 0 Å². The lowest BCUT2D eigenvalue weighted by molar-refractivity contribution is 0.587. The molecule has 1 heteroatoms. The topological polar surface area (TPSA) is 0 Å². The van der Waals surface area contributed by atoms with E-state index in [0.29, 0.717) is 0 Å². The SMILES string of the molecule is PCCCC1C=CC=CC1. The second kappa shape index (κ2) is 4.68. The molecule has 0 heterocycles. The van der Waals surface area contributed by atoms with Crippen LogP contribution in [0.2, 0.25) is 0 Å². The lowest BCUT2D eigenvalue weighted by Crippen LogP contribution is -1.97. The fourth-order valence-electron chi connectivity index (χ4n) is 1.23. The third-order valence-electron chi connectivity index (χ3n) is 1.85. The van der Waals surface area contributed by atoms with E-state index in [0.717, 1.165) is 5.92 Å². The van der Waals surface area contributed by atoms with E-state index in [-0.39, 0.29) is 0 Å². The quantitative estimate of drug-likeness (QED) is 0.548. The Kier molecular flexibility index (Phi) is 3.75. The number of hydrogen-bond acceptors (Lipinski definition) is 0. The normalized spacial score (nSPS) is 23.5. The fourth-order valence-corrected chi connectivity index (χ4v) is 1.46. The molecule has 2 atom stereocenters. The van der Waals surface area contributed by atoms with Crippen LogP contribution < -0.4 is 0 Å². The highest BCUT2D eigenvalue weighted by atomic mass is 31.0. The van der Waals surface area contributed by atoms with Gasteiger partial charge in [0.05, 0.1) is 0 Å². The molecule has 0 N–H and O–H groups in total. The Balaban J connectivity index is 2.17. The minimum Gasteiger partial charge on any atom is -0.138 e. The molecule has 0 aromatic carbocycles. The maximum absolute atomic E-state index is 2.78. The molecule has 0 saturated carbocycles. The second-order valence-corrected chi connectivity index (χ2v) is 3.32. The first-order valence-corrected chi connectivity index (χ1v) is 4.78. The van der Waals surface area contributed by atoms with Crippen LogP contribution in [-0.4, -0.2) is 6.16 Å². The van der Waals surface area contributed by atoms with Gasteiger partial charge in [0.2, 0.25) is 0 Å². The molecule has 0 bridgehead atoms. The number of hydrogen-bond donors (Lipinski definition) is 0. The van der Waals surface area contributed by atoms with Crippen molar-refractivity contribution in [2.75, 3.05) is 6.16 Å². The zero-order valence-electron chi connectivity index (χ0n) is 6.29. The molecule has 1 rings (SSSR count). The van der Waals surface area contributed by atoms with Crippen LogP contribution in [0.3, 0.4) is 0 Å². The highest BCUT2D eigenvalue weighted by molar-refractivity contribution is 7.16. The van der Waals surface area contributed by atoms with Gasteiger partial charge in [-0.05, 0) is 31.3 Å². The Morgan fingerprint density at radius 3 is 2.90 bits per heavy atom. The first kappa shape index (κ1) is 8.01.